The van der Waals surface area contributed by atoms with Crippen LogP contribution >= 0.6 is 0 Å². The SMILES string of the molecule is COC(=O)c1ccc(OC2CC[NH2+]CC2)cc1.[Cl-]. The van der Waals surface area contributed by atoms with Crippen LogP contribution in [0.15, 0.2) is 24.3 Å². The van der Waals surface area contributed by atoms with Gasteiger partial charge in [-0.3, -0.25) is 0 Å². The van der Waals surface area contributed by atoms with Gasteiger partial charge in [0.1, 0.15) is 11.9 Å². The first-order valence-electron chi connectivity index (χ1n) is 5.96. The average molecular weight is 272 g/mol. The van der Waals surface area contributed by atoms with Crippen molar-refractivity contribution in [3.8, 4) is 5.75 Å². The van der Waals surface area contributed by atoms with Gasteiger partial charge in [0.25, 0.3) is 0 Å². The van der Waals surface area contributed by atoms with E-state index in [9.17, 15) is 4.79 Å². The molecule has 0 aliphatic carbocycles. The number of benzene rings is 1. The standard InChI is InChI=1S/C13H17NO3.ClH/c1-16-13(15)10-2-4-11(5-3-10)17-12-6-8-14-9-7-12;/h2-5,12,14H,6-9H2,1H3;1H. The zero-order chi connectivity index (χ0) is 12.1. The van der Waals surface area contributed by atoms with Crippen molar-refractivity contribution >= 4 is 5.97 Å². The van der Waals surface area contributed by atoms with E-state index in [2.05, 4.69) is 10.1 Å². The van der Waals surface area contributed by atoms with Crippen molar-refractivity contribution in [1.29, 1.82) is 0 Å². The predicted octanol–water partition coefficient (Wildman–Crippen LogP) is -2.42. The van der Waals surface area contributed by atoms with Crippen LogP contribution in [-0.4, -0.2) is 32.3 Å². The summed E-state index contributed by atoms with van der Waals surface area (Å²) in [6.07, 6.45) is 2.47. The van der Waals surface area contributed by atoms with Crippen molar-refractivity contribution in [3.05, 3.63) is 29.8 Å². The van der Waals surface area contributed by atoms with Crippen molar-refractivity contribution in [1.82, 2.24) is 0 Å². The lowest BCUT2D eigenvalue weighted by atomic mass is 10.1. The second-order valence-corrected chi connectivity index (χ2v) is 4.20. The topological polar surface area (TPSA) is 52.1 Å². The molecule has 1 aliphatic heterocycles. The molecule has 5 heteroatoms. The number of methoxy groups -OCH3 is 1. The molecular formula is C13H18ClNO3. The van der Waals surface area contributed by atoms with E-state index < -0.39 is 0 Å². The maximum absolute atomic E-state index is 11.2. The molecule has 18 heavy (non-hydrogen) atoms. The van der Waals surface area contributed by atoms with E-state index in [1.807, 2.05) is 12.1 Å². The van der Waals surface area contributed by atoms with Crippen molar-refractivity contribution < 1.29 is 32.0 Å². The molecule has 1 heterocycles. The Kier molecular flexibility index (Phi) is 5.95. The van der Waals surface area contributed by atoms with Crippen LogP contribution < -0.4 is 22.5 Å². The minimum Gasteiger partial charge on any atom is -1.00 e. The van der Waals surface area contributed by atoms with Crippen LogP contribution in [0.25, 0.3) is 0 Å². The molecule has 0 amide bonds. The van der Waals surface area contributed by atoms with Crippen molar-refractivity contribution in [2.75, 3.05) is 20.2 Å². The Hall–Kier alpha value is -1.26. The molecule has 1 fully saturated rings. The van der Waals surface area contributed by atoms with Crippen LogP contribution in [0.2, 0.25) is 0 Å². The summed E-state index contributed by atoms with van der Waals surface area (Å²) in [5.41, 5.74) is 0.553. The number of ether oxygens (including phenoxy) is 2. The van der Waals surface area contributed by atoms with Crippen molar-refractivity contribution in [2.45, 2.75) is 18.9 Å². The van der Waals surface area contributed by atoms with E-state index in [4.69, 9.17) is 4.74 Å². The highest BCUT2D eigenvalue weighted by Crippen LogP contribution is 2.16. The summed E-state index contributed by atoms with van der Waals surface area (Å²) in [6, 6.07) is 7.11. The normalized spacial score (nSPS) is 15.6. The summed E-state index contributed by atoms with van der Waals surface area (Å²) in [4.78, 5) is 11.2. The molecule has 1 saturated heterocycles. The van der Waals surface area contributed by atoms with E-state index in [-0.39, 0.29) is 18.4 Å². The number of rotatable bonds is 3. The lowest BCUT2D eigenvalue weighted by Crippen LogP contribution is -3.00. The Morgan fingerprint density at radius 2 is 1.83 bits per heavy atom. The summed E-state index contributed by atoms with van der Waals surface area (Å²) in [5, 5.41) is 2.31. The number of carbonyl (C=O) groups is 1. The molecule has 0 aromatic heterocycles. The first-order valence-corrected chi connectivity index (χ1v) is 5.96. The molecule has 2 N–H and O–H groups in total. The second-order valence-electron chi connectivity index (χ2n) is 4.20. The van der Waals surface area contributed by atoms with Crippen molar-refractivity contribution in [2.24, 2.45) is 0 Å². The molecule has 1 aliphatic rings. The number of quaternary nitrogens is 1. The third-order valence-corrected chi connectivity index (χ3v) is 2.96. The van der Waals surface area contributed by atoms with Crippen LogP contribution in [0.3, 0.4) is 0 Å². The highest BCUT2D eigenvalue weighted by molar-refractivity contribution is 5.89. The van der Waals surface area contributed by atoms with Gasteiger partial charge in [-0.15, -0.1) is 0 Å². The maximum atomic E-state index is 11.2. The third-order valence-electron chi connectivity index (χ3n) is 2.96. The number of esters is 1. The Morgan fingerprint density at radius 1 is 1.22 bits per heavy atom. The minimum absolute atomic E-state index is 0. The van der Waals surface area contributed by atoms with Gasteiger partial charge in [0.2, 0.25) is 0 Å². The Balaban J connectivity index is 0.00000162. The molecule has 4 nitrogen and oxygen atoms in total. The lowest BCUT2D eigenvalue weighted by molar-refractivity contribution is -0.664. The molecule has 0 radical (unpaired) electrons. The Bertz CT molecular complexity index is 374. The summed E-state index contributed by atoms with van der Waals surface area (Å²) >= 11 is 0. The summed E-state index contributed by atoms with van der Waals surface area (Å²) in [7, 11) is 1.38. The molecule has 1 aromatic carbocycles. The van der Waals surface area contributed by atoms with Gasteiger partial charge >= 0.3 is 5.97 Å². The molecule has 1 aromatic rings. The first kappa shape index (κ1) is 14.8. The van der Waals surface area contributed by atoms with E-state index in [0.29, 0.717) is 11.7 Å². The highest BCUT2D eigenvalue weighted by Gasteiger charge is 2.16. The molecule has 0 unspecified atom stereocenters. The first-order chi connectivity index (χ1) is 8.29. The Labute approximate surface area is 113 Å². The number of piperidine rings is 1. The van der Waals surface area contributed by atoms with Crippen LogP contribution in [0, 0.1) is 0 Å². The molecule has 0 saturated carbocycles. The van der Waals surface area contributed by atoms with Crippen LogP contribution in [0.5, 0.6) is 5.75 Å². The number of nitrogens with two attached hydrogens (primary N) is 1. The minimum atomic E-state index is -0.316. The monoisotopic (exact) mass is 271 g/mol. The maximum Gasteiger partial charge on any atom is 0.337 e. The molecular weight excluding hydrogens is 254 g/mol. The van der Waals surface area contributed by atoms with E-state index in [1.54, 1.807) is 12.1 Å². The van der Waals surface area contributed by atoms with E-state index in [0.717, 1.165) is 31.7 Å². The molecule has 2 rings (SSSR count). The van der Waals surface area contributed by atoms with Gasteiger partial charge in [-0.05, 0) is 24.3 Å². The molecule has 0 bridgehead atoms. The van der Waals surface area contributed by atoms with E-state index in [1.165, 1.54) is 7.11 Å². The summed E-state index contributed by atoms with van der Waals surface area (Å²) < 4.78 is 10.5. The van der Waals surface area contributed by atoms with Gasteiger partial charge in [0.15, 0.2) is 0 Å². The Morgan fingerprint density at radius 3 is 2.39 bits per heavy atom. The van der Waals surface area contributed by atoms with Gasteiger partial charge in [-0.1, -0.05) is 0 Å². The van der Waals surface area contributed by atoms with Crippen LogP contribution in [0.1, 0.15) is 23.2 Å². The summed E-state index contributed by atoms with van der Waals surface area (Å²) in [5.74, 6) is 0.508. The second kappa shape index (κ2) is 7.24. The van der Waals surface area contributed by atoms with Gasteiger partial charge in [0, 0.05) is 12.8 Å². The largest absolute Gasteiger partial charge is 1.00 e. The molecule has 0 atom stereocenters. The zero-order valence-corrected chi connectivity index (χ0v) is 11.2. The third kappa shape index (κ3) is 3.89. The van der Waals surface area contributed by atoms with E-state index >= 15 is 0 Å². The van der Waals surface area contributed by atoms with Crippen LogP contribution in [0.4, 0.5) is 0 Å². The van der Waals surface area contributed by atoms with Gasteiger partial charge in [0.05, 0.1) is 25.8 Å². The van der Waals surface area contributed by atoms with Gasteiger partial charge in [-0.2, -0.15) is 0 Å². The number of hydrogen-bond acceptors (Lipinski definition) is 3. The molecule has 100 valence electrons. The zero-order valence-electron chi connectivity index (χ0n) is 10.4. The number of carbonyl (C=O) groups excluding carboxylic acids is 1. The predicted molar refractivity (Wildman–Crippen MR) is 63.1 cm³/mol. The quantitative estimate of drug-likeness (QED) is 0.623. The fourth-order valence-electron chi connectivity index (χ4n) is 1.99. The average Bonchev–Trinajstić information content (AvgIpc) is 2.40. The lowest BCUT2D eigenvalue weighted by Gasteiger charge is -2.21. The van der Waals surface area contributed by atoms with Gasteiger partial charge in [-0.25, -0.2) is 4.79 Å². The smallest absolute Gasteiger partial charge is 0.337 e. The highest BCUT2D eigenvalue weighted by atomic mass is 35.5. The van der Waals surface area contributed by atoms with Crippen LogP contribution in [-0.2, 0) is 4.74 Å². The molecule has 0 spiro atoms. The summed E-state index contributed by atoms with van der Waals surface area (Å²) in [6.45, 7) is 2.26. The van der Waals surface area contributed by atoms with Gasteiger partial charge < -0.3 is 27.2 Å². The fourth-order valence-corrected chi connectivity index (χ4v) is 1.99. The fraction of sp³-hybridized carbons (Fsp3) is 0.462. The van der Waals surface area contributed by atoms with Crippen molar-refractivity contribution in [3.63, 3.8) is 0 Å². The number of halogens is 1. The number of hydrogen-bond donors (Lipinski definition) is 1.